The maximum atomic E-state index is 12.5. The van der Waals surface area contributed by atoms with E-state index in [0.717, 1.165) is 16.7 Å². The van der Waals surface area contributed by atoms with Crippen LogP contribution in [0, 0.1) is 0 Å². The number of carbonyl (C=O) groups excluding carboxylic acids is 1. The standard InChI is InChI=1S/C16H14O2/c17-14-10-12-8-4-5-9-13(12)16(18)15(14)11-6-2-1-3-7-11/h1-9,14-15,17H,10H2/t14-,15-/m0/s1. The van der Waals surface area contributed by atoms with Crippen LogP contribution in [-0.4, -0.2) is 17.0 Å². The molecule has 18 heavy (non-hydrogen) atoms. The molecule has 0 spiro atoms. The van der Waals surface area contributed by atoms with Crippen LogP contribution >= 0.6 is 0 Å². The molecule has 0 saturated carbocycles. The average molecular weight is 238 g/mol. The van der Waals surface area contributed by atoms with Crippen molar-refractivity contribution in [1.29, 1.82) is 0 Å². The highest BCUT2D eigenvalue weighted by molar-refractivity contribution is 6.03. The van der Waals surface area contributed by atoms with Crippen LogP contribution in [0.4, 0.5) is 0 Å². The van der Waals surface area contributed by atoms with E-state index in [4.69, 9.17) is 0 Å². The summed E-state index contributed by atoms with van der Waals surface area (Å²) in [4.78, 5) is 12.5. The summed E-state index contributed by atoms with van der Waals surface area (Å²) in [5.74, 6) is -0.406. The van der Waals surface area contributed by atoms with Crippen LogP contribution in [0.1, 0.15) is 27.4 Å². The zero-order valence-corrected chi connectivity index (χ0v) is 9.91. The molecule has 0 aromatic heterocycles. The van der Waals surface area contributed by atoms with Gasteiger partial charge >= 0.3 is 0 Å². The Morgan fingerprint density at radius 1 is 0.944 bits per heavy atom. The Bertz CT molecular complexity index is 575. The Morgan fingerprint density at radius 3 is 2.39 bits per heavy atom. The van der Waals surface area contributed by atoms with E-state index in [1.807, 2.05) is 54.6 Å². The molecule has 0 unspecified atom stereocenters. The largest absolute Gasteiger partial charge is 0.392 e. The highest BCUT2D eigenvalue weighted by Crippen LogP contribution is 2.32. The molecule has 0 saturated heterocycles. The smallest absolute Gasteiger partial charge is 0.173 e. The van der Waals surface area contributed by atoms with Crippen LogP contribution in [-0.2, 0) is 6.42 Å². The van der Waals surface area contributed by atoms with Crippen LogP contribution in [0.25, 0.3) is 0 Å². The van der Waals surface area contributed by atoms with Gasteiger partial charge in [-0.2, -0.15) is 0 Å². The zero-order chi connectivity index (χ0) is 12.5. The van der Waals surface area contributed by atoms with Gasteiger partial charge < -0.3 is 5.11 Å². The normalized spacial score (nSPS) is 22.6. The van der Waals surface area contributed by atoms with Gasteiger partial charge in [-0.05, 0) is 11.1 Å². The van der Waals surface area contributed by atoms with E-state index in [0.29, 0.717) is 6.42 Å². The number of hydrogen-bond donors (Lipinski definition) is 1. The molecule has 0 heterocycles. The predicted octanol–water partition coefficient (Wildman–Crippen LogP) is 2.57. The maximum Gasteiger partial charge on any atom is 0.173 e. The second-order valence-corrected chi connectivity index (χ2v) is 4.68. The Balaban J connectivity index is 2.06. The molecule has 3 rings (SSSR count). The van der Waals surface area contributed by atoms with E-state index in [1.165, 1.54) is 0 Å². The Labute approximate surface area is 106 Å². The van der Waals surface area contributed by atoms with E-state index in [1.54, 1.807) is 0 Å². The minimum Gasteiger partial charge on any atom is -0.392 e. The second kappa shape index (κ2) is 4.39. The second-order valence-electron chi connectivity index (χ2n) is 4.68. The van der Waals surface area contributed by atoms with Crippen molar-refractivity contribution in [3.8, 4) is 0 Å². The highest BCUT2D eigenvalue weighted by atomic mass is 16.3. The number of aliphatic hydroxyl groups is 1. The molecule has 0 amide bonds. The number of rotatable bonds is 1. The van der Waals surface area contributed by atoms with Gasteiger partial charge in [-0.3, -0.25) is 4.79 Å². The quantitative estimate of drug-likeness (QED) is 0.829. The Hall–Kier alpha value is -1.93. The molecule has 1 aliphatic carbocycles. The summed E-state index contributed by atoms with van der Waals surface area (Å²) in [7, 11) is 0. The van der Waals surface area contributed by atoms with Crippen molar-refractivity contribution < 1.29 is 9.90 Å². The fourth-order valence-corrected chi connectivity index (χ4v) is 2.66. The van der Waals surface area contributed by atoms with Gasteiger partial charge in [-0.1, -0.05) is 54.6 Å². The summed E-state index contributed by atoms with van der Waals surface area (Å²) in [6.45, 7) is 0. The van der Waals surface area contributed by atoms with E-state index >= 15 is 0 Å². The van der Waals surface area contributed by atoms with Gasteiger partial charge in [-0.25, -0.2) is 0 Å². The molecule has 90 valence electrons. The van der Waals surface area contributed by atoms with Crippen molar-refractivity contribution in [2.75, 3.05) is 0 Å². The van der Waals surface area contributed by atoms with Gasteiger partial charge in [0, 0.05) is 12.0 Å². The van der Waals surface area contributed by atoms with Crippen molar-refractivity contribution in [3.05, 3.63) is 71.3 Å². The lowest BCUT2D eigenvalue weighted by molar-refractivity contribution is 0.0778. The first-order valence-corrected chi connectivity index (χ1v) is 6.12. The molecule has 1 aliphatic rings. The summed E-state index contributed by atoms with van der Waals surface area (Å²) in [5.41, 5.74) is 2.59. The number of hydrogen-bond acceptors (Lipinski definition) is 2. The van der Waals surface area contributed by atoms with E-state index in [9.17, 15) is 9.90 Å². The fourth-order valence-electron chi connectivity index (χ4n) is 2.66. The number of ketones is 1. The fraction of sp³-hybridized carbons (Fsp3) is 0.188. The predicted molar refractivity (Wildman–Crippen MR) is 69.7 cm³/mol. The van der Waals surface area contributed by atoms with Crippen molar-refractivity contribution in [2.45, 2.75) is 18.4 Å². The minimum atomic E-state index is -0.630. The summed E-state index contributed by atoms with van der Waals surface area (Å²) in [6, 6.07) is 17.1. The molecule has 2 aromatic rings. The third kappa shape index (κ3) is 1.75. The lowest BCUT2D eigenvalue weighted by atomic mass is 9.77. The van der Waals surface area contributed by atoms with Crippen LogP contribution < -0.4 is 0 Å². The number of Topliss-reactive ketones (excluding diaryl/α,β-unsaturated/α-hetero) is 1. The van der Waals surface area contributed by atoms with Crippen LogP contribution in [0.15, 0.2) is 54.6 Å². The van der Waals surface area contributed by atoms with Crippen LogP contribution in [0.2, 0.25) is 0 Å². The summed E-state index contributed by atoms with van der Waals surface area (Å²) in [6.07, 6.45) is -0.0867. The van der Waals surface area contributed by atoms with Crippen molar-refractivity contribution in [2.24, 2.45) is 0 Å². The number of carbonyl (C=O) groups is 1. The molecule has 2 aromatic carbocycles. The monoisotopic (exact) mass is 238 g/mol. The van der Waals surface area contributed by atoms with Gasteiger partial charge in [0.1, 0.15) is 0 Å². The molecule has 1 N–H and O–H groups in total. The highest BCUT2D eigenvalue weighted by Gasteiger charge is 2.35. The lowest BCUT2D eigenvalue weighted by Crippen LogP contribution is -2.33. The first kappa shape index (κ1) is 11.2. The minimum absolute atomic E-state index is 0.0237. The maximum absolute atomic E-state index is 12.5. The molecule has 0 radical (unpaired) electrons. The molecule has 0 fully saturated rings. The van der Waals surface area contributed by atoms with Gasteiger partial charge in [0.2, 0.25) is 0 Å². The molecular weight excluding hydrogens is 224 g/mol. The number of fused-ring (bicyclic) bond motifs is 1. The SMILES string of the molecule is O=C1c2ccccc2C[C@H](O)[C@@H]1c1ccccc1. The van der Waals surface area contributed by atoms with E-state index in [-0.39, 0.29) is 5.78 Å². The van der Waals surface area contributed by atoms with Crippen molar-refractivity contribution in [3.63, 3.8) is 0 Å². The van der Waals surface area contributed by atoms with Crippen LogP contribution in [0.3, 0.4) is 0 Å². The Kier molecular flexibility index (Phi) is 2.73. The number of benzene rings is 2. The first-order valence-electron chi connectivity index (χ1n) is 6.12. The molecule has 0 aliphatic heterocycles. The lowest BCUT2D eigenvalue weighted by Gasteiger charge is -2.28. The molecule has 2 heteroatoms. The topological polar surface area (TPSA) is 37.3 Å². The van der Waals surface area contributed by atoms with Gasteiger partial charge in [0.15, 0.2) is 5.78 Å². The third-order valence-electron chi connectivity index (χ3n) is 3.54. The van der Waals surface area contributed by atoms with Crippen LogP contribution in [0.5, 0.6) is 0 Å². The van der Waals surface area contributed by atoms with E-state index in [2.05, 4.69) is 0 Å². The third-order valence-corrected chi connectivity index (χ3v) is 3.54. The van der Waals surface area contributed by atoms with E-state index < -0.39 is 12.0 Å². The summed E-state index contributed by atoms with van der Waals surface area (Å²) >= 11 is 0. The van der Waals surface area contributed by atoms with Gasteiger partial charge in [-0.15, -0.1) is 0 Å². The van der Waals surface area contributed by atoms with Crippen molar-refractivity contribution in [1.82, 2.24) is 0 Å². The summed E-state index contributed by atoms with van der Waals surface area (Å²) < 4.78 is 0. The summed E-state index contributed by atoms with van der Waals surface area (Å²) in [5, 5.41) is 10.2. The van der Waals surface area contributed by atoms with Gasteiger partial charge in [0.25, 0.3) is 0 Å². The molecule has 2 nitrogen and oxygen atoms in total. The molecule has 0 bridgehead atoms. The number of aliphatic hydroxyl groups excluding tert-OH is 1. The molecule has 2 atom stereocenters. The zero-order valence-electron chi connectivity index (χ0n) is 9.91. The van der Waals surface area contributed by atoms with Crippen molar-refractivity contribution >= 4 is 5.78 Å². The first-order chi connectivity index (χ1) is 8.77. The Morgan fingerprint density at radius 2 is 1.61 bits per heavy atom. The van der Waals surface area contributed by atoms with Gasteiger partial charge in [0.05, 0.1) is 12.0 Å². The average Bonchev–Trinajstić information content (AvgIpc) is 2.40. The molecular formula is C16H14O2.